The van der Waals surface area contributed by atoms with Gasteiger partial charge in [0.15, 0.2) is 0 Å². The van der Waals surface area contributed by atoms with Crippen LogP contribution >= 0.6 is 0 Å². The van der Waals surface area contributed by atoms with E-state index in [0.29, 0.717) is 30.5 Å². The number of esters is 1. The van der Waals surface area contributed by atoms with E-state index in [1.807, 2.05) is 0 Å². The number of nitrogens with one attached hydrogen (secondary N) is 1. The van der Waals surface area contributed by atoms with Gasteiger partial charge in [-0.1, -0.05) is 12.1 Å². The maximum absolute atomic E-state index is 12.2. The lowest BCUT2D eigenvalue weighted by Gasteiger charge is -2.06. The summed E-state index contributed by atoms with van der Waals surface area (Å²) in [6.45, 7) is 0.831. The third-order valence-corrected chi connectivity index (χ3v) is 4.47. The van der Waals surface area contributed by atoms with Crippen molar-refractivity contribution < 1.29 is 28.4 Å². The molecular formula is C23H20N2O8. The lowest BCUT2D eigenvalue weighted by atomic mass is 10.1. The summed E-state index contributed by atoms with van der Waals surface area (Å²) in [4.78, 5) is 46.8. The fourth-order valence-electron chi connectivity index (χ4n) is 2.88. The van der Waals surface area contributed by atoms with Crippen LogP contribution in [-0.2, 0) is 9.53 Å². The topological polar surface area (TPSA) is 138 Å². The van der Waals surface area contributed by atoms with Crippen molar-refractivity contribution in [1.82, 2.24) is 5.32 Å². The predicted molar refractivity (Wildman–Crippen MR) is 119 cm³/mol. The first kappa shape index (κ1) is 23.4. The molecule has 1 N–H and O–H groups in total. The van der Waals surface area contributed by atoms with E-state index in [1.165, 1.54) is 42.5 Å². The summed E-state index contributed by atoms with van der Waals surface area (Å²) in [5.74, 6) is -1.16. The molecule has 0 atom stereocenters. The molecule has 170 valence electrons. The molecule has 0 saturated heterocycles. The highest BCUT2D eigenvalue weighted by molar-refractivity contribution is 5.97. The number of nitro benzene ring substituents is 1. The fraction of sp³-hybridized carbons (Fsp3) is 0.174. The third-order valence-electron chi connectivity index (χ3n) is 4.47. The quantitative estimate of drug-likeness (QED) is 0.0994. The number of hydrogen-bond donors (Lipinski definition) is 1. The third kappa shape index (κ3) is 6.34. The van der Waals surface area contributed by atoms with E-state index in [0.717, 1.165) is 6.08 Å². The van der Waals surface area contributed by atoms with Gasteiger partial charge < -0.3 is 19.2 Å². The van der Waals surface area contributed by atoms with Crippen molar-refractivity contribution >= 4 is 34.6 Å². The van der Waals surface area contributed by atoms with Gasteiger partial charge in [-0.15, -0.1) is 0 Å². The first-order valence-corrected chi connectivity index (χ1v) is 9.87. The van der Waals surface area contributed by atoms with E-state index >= 15 is 0 Å². The zero-order chi connectivity index (χ0) is 23.8. The van der Waals surface area contributed by atoms with Crippen molar-refractivity contribution in [2.24, 2.45) is 0 Å². The standard InChI is InChI=1S/C23H20N2O8/c1-31-11-3-10-24-22(27)19-13-16-7-8-18(14-20(16)33-23(19)28)32-21(26)9-6-15-4-2-5-17(12-15)25(29)30/h2,4-9,12-14H,3,10-11H2,1H3,(H,24,27)/b9-6+. The Labute approximate surface area is 187 Å². The maximum Gasteiger partial charge on any atom is 0.349 e. The van der Waals surface area contributed by atoms with Gasteiger partial charge in [0.1, 0.15) is 16.9 Å². The van der Waals surface area contributed by atoms with Crippen molar-refractivity contribution in [1.29, 1.82) is 0 Å². The van der Waals surface area contributed by atoms with Crippen LogP contribution in [0.1, 0.15) is 22.3 Å². The average molecular weight is 452 g/mol. The number of non-ortho nitro benzene ring substituents is 1. The molecule has 0 bridgehead atoms. The Morgan fingerprint density at radius 2 is 2.00 bits per heavy atom. The van der Waals surface area contributed by atoms with Crippen LogP contribution in [0.3, 0.4) is 0 Å². The molecule has 2 aromatic carbocycles. The van der Waals surface area contributed by atoms with Crippen LogP contribution in [0.2, 0.25) is 0 Å². The number of nitro groups is 1. The van der Waals surface area contributed by atoms with Gasteiger partial charge in [0.2, 0.25) is 0 Å². The van der Waals surface area contributed by atoms with Gasteiger partial charge in [-0.3, -0.25) is 14.9 Å². The van der Waals surface area contributed by atoms with Gasteiger partial charge in [0, 0.05) is 49.9 Å². The number of benzene rings is 2. The molecule has 10 nitrogen and oxygen atoms in total. The van der Waals surface area contributed by atoms with Crippen LogP contribution in [0.4, 0.5) is 5.69 Å². The first-order chi connectivity index (χ1) is 15.9. The number of rotatable bonds is 9. The second-order valence-electron chi connectivity index (χ2n) is 6.86. The minimum atomic E-state index is -0.819. The zero-order valence-electron chi connectivity index (χ0n) is 17.6. The van der Waals surface area contributed by atoms with Crippen LogP contribution < -0.4 is 15.7 Å². The fourth-order valence-corrected chi connectivity index (χ4v) is 2.88. The summed E-state index contributed by atoms with van der Waals surface area (Å²) in [6, 6.07) is 11.6. The average Bonchev–Trinajstić information content (AvgIpc) is 2.80. The molecule has 0 fully saturated rings. The zero-order valence-corrected chi connectivity index (χ0v) is 17.6. The minimum Gasteiger partial charge on any atom is -0.423 e. The number of ether oxygens (including phenoxy) is 2. The summed E-state index contributed by atoms with van der Waals surface area (Å²) < 4.78 is 15.3. The molecule has 3 rings (SSSR count). The van der Waals surface area contributed by atoms with E-state index in [-0.39, 0.29) is 22.6 Å². The number of hydrogen-bond acceptors (Lipinski definition) is 8. The molecule has 0 radical (unpaired) electrons. The molecular weight excluding hydrogens is 432 g/mol. The van der Waals surface area contributed by atoms with Crippen molar-refractivity contribution in [2.45, 2.75) is 6.42 Å². The molecule has 10 heteroatoms. The lowest BCUT2D eigenvalue weighted by Crippen LogP contribution is -2.29. The SMILES string of the molecule is COCCCNC(=O)c1cc2ccc(OC(=O)/C=C/c3cccc([N+](=O)[O-])c3)cc2oc1=O. The molecule has 0 unspecified atom stereocenters. The largest absolute Gasteiger partial charge is 0.423 e. The first-order valence-electron chi connectivity index (χ1n) is 9.87. The summed E-state index contributed by atoms with van der Waals surface area (Å²) in [5, 5.41) is 13.9. The highest BCUT2D eigenvalue weighted by Gasteiger charge is 2.14. The summed E-state index contributed by atoms with van der Waals surface area (Å²) in [7, 11) is 1.55. The monoisotopic (exact) mass is 452 g/mol. The second-order valence-corrected chi connectivity index (χ2v) is 6.86. The van der Waals surface area contributed by atoms with Gasteiger partial charge >= 0.3 is 11.6 Å². The molecule has 33 heavy (non-hydrogen) atoms. The Hall–Kier alpha value is -4.31. The highest BCUT2D eigenvalue weighted by atomic mass is 16.6. The van der Waals surface area contributed by atoms with Crippen molar-refractivity contribution in [3.63, 3.8) is 0 Å². The van der Waals surface area contributed by atoms with E-state index in [1.54, 1.807) is 19.2 Å². The molecule has 3 aromatic rings. The number of carbonyl (C=O) groups excluding carboxylic acids is 2. The van der Waals surface area contributed by atoms with Crippen molar-refractivity contribution in [3.05, 3.63) is 86.3 Å². The molecule has 0 saturated carbocycles. The predicted octanol–water partition coefficient (Wildman–Crippen LogP) is 3.09. The maximum atomic E-state index is 12.2. The Balaban J connectivity index is 1.70. The molecule has 0 aliphatic heterocycles. The van der Waals surface area contributed by atoms with Crippen LogP contribution in [0, 0.1) is 10.1 Å². The molecule has 0 spiro atoms. The van der Waals surface area contributed by atoms with E-state index < -0.39 is 22.4 Å². The summed E-state index contributed by atoms with van der Waals surface area (Å²) in [5.41, 5.74) is -0.453. The Morgan fingerprint density at radius 3 is 2.76 bits per heavy atom. The molecule has 1 aromatic heterocycles. The number of fused-ring (bicyclic) bond motifs is 1. The van der Waals surface area contributed by atoms with Gasteiger partial charge in [-0.25, -0.2) is 9.59 Å². The van der Waals surface area contributed by atoms with E-state index in [4.69, 9.17) is 13.9 Å². The number of amides is 1. The molecule has 1 amide bonds. The number of nitrogens with zero attached hydrogens (tertiary/aromatic N) is 1. The van der Waals surface area contributed by atoms with Gasteiger partial charge in [-0.2, -0.15) is 0 Å². The summed E-state index contributed by atoms with van der Waals surface area (Å²) >= 11 is 0. The van der Waals surface area contributed by atoms with Crippen molar-refractivity contribution in [2.75, 3.05) is 20.3 Å². The summed E-state index contributed by atoms with van der Waals surface area (Å²) in [6.07, 6.45) is 3.11. The van der Waals surface area contributed by atoms with Crippen LogP contribution in [-0.4, -0.2) is 37.1 Å². The van der Waals surface area contributed by atoms with E-state index in [2.05, 4.69) is 5.32 Å². The molecule has 0 aliphatic carbocycles. The number of methoxy groups -OCH3 is 1. The van der Waals surface area contributed by atoms with Gasteiger partial charge in [0.05, 0.1) is 4.92 Å². The minimum absolute atomic E-state index is 0.0990. The van der Waals surface area contributed by atoms with Crippen LogP contribution in [0.15, 0.2) is 63.8 Å². The Bertz CT molecular complexity index is 1280. The Kier molecular flexibility index (Phi) is 7.66. The van der Waals surface area contributed by atoms with E-state index in [9.17, 15) is 24.5 Å². The van der Waals surface area contributed by atoms with Gasteiger partial charge in [-0.05, 0) is 36.3 Å². The van der Waals surface area contributed by atoms with Crippen LogP contribution in [0.25, 0.3) is 17.0 Å². The molecule has 0 aliphatic rings. The lowest BCUT2D eigenvalue weighted by molar-refractivity contribution is -0.384. The normalized spacial score (nSPS) is 10.9. The molecule has 1 heterocycles. The highest BCUT2D eigenvalue weighted by Crippen LogP contribution is 2.21. The van der Waals surface area contributed by atoms with Crippen molar-refractivity contribution in [3.8, 4) is 5.75 Å². The smallest absolute Gasteiger partial charge is 0.349 e. The van der Waals surface area contributed by atoms with Crippen LogP contribution in [0.5, 0.6) is 5.75 Å². The second kappa shape index (κ2) is 10.8. The Morgan fingerprint density at radius 1 is 1.18 bits per heavy atom. The van der Waals surface area contributed by atoms with Gasteiger partial charge in [0.25, 0.3) is 11.6 Å². The number of carbonyl (C=O) groups is 2.